The third kappa shape index (κ3) is 3.25. The molecule has 0 aliphatic rings. The summed E-state index contributed by atoms with van der Waals surface area (Å²) in [5.74, 6) is -0.671. The molecule has 3 aromatic rings. The number of halogens is 1. The van der Waals surface area contributed by atoms with Gasteiger partial charge in [0.2, 0.25) is 0 Å². The van der Waals surface area contributed by atoms with Gasteiger partial charge in [-0.3, -0.25) is 4.79 Å². The lowest BCUT2D eigenvalue weighted by molar-refractivity contribution is 0.0541. The summed E-state index contributed by atoms with van der Waals surface area (Å²) in [5, 5.41) is 0.658. The molecule has 1 aromatic heterocycles. The highest BCUT2D eigenvalue weighted by Crippen LogP contribution is 2.29. The molecule has 0 spiro atoms. The van der Waals surface area contributed by atoms with Crippen molar-refractivity contribution in [1.82, 2.24) is 4.57 Å². The van der Waals surface area contributed by atoms with Crippen LogP contribution in [0.2, 0.25) is 0 Å². The van der Waals surface area contributed by atoms with Gasteiger partial charge in [0, 0.05) is 16.6 Å². The number of aromatic nitrogens is 1. The van der Waals surface area contributed by atoms with Crippen LogP contribution in [0.25, 0.3) is 10.9 Å². The van der Waals surface area contributed by atoms with Gasteiger partial charge in [-0.25, -0.2) is 13.8 Å². The minimum Gasteiger partial charge on any atom is -0.443 e. The average Bonchev–Trinajstić information content (AvgIpc) is 2.85. The Morgan fingerprint density at radius 3 is 2.23 bits per heavy atom. The van der Waals surface area contributed by atoms with Gasteiger partial charge in [0.1, 0.15) is 11.4 Å². The van der Waals surface area contributed by atoms with E-state index in [4.69, 9.17) is 4.74 Å². The number of hydrogen-bond acceptors (Lipinski definition) is 3. The van der Waals surface area contributed by atoms with Gasteiger partial charge in [0.15, 0.2) is 5.78 Å². The van der Waals surface area contributed by atoms with E-state index < -0.39 is 17.5 Å². The summed E-state index contributed by atoms with van der Waals surface area (Å²) in [5.41, 5.74) is 1.22. The van der Waals surface area contributed by atoms with Crippen LogP contribution in [0.3, 0.4) is 0 Å². The van der Waals surface area contributed by atoms with Gasteiger partial charge < -0.3 is 4.74 Å². The molecule has 0 aliphatic carbocycles. The van der Waals surface area contributed by atoms with Crippen LogP contribution < -0.4 is 0 Å². The van der Waals surface area contributed by atoms with E-state index in [-0.39, 0.29) is 5.78 Å². The van der Waals surface area contributed by atoms with Crippen molar-refractivity contribution >= 4 is 22.8 Å². The van der Waals surface area contributed by atoms with Crippen molar-refractivity contribution in [3.8, 4) is 0 Å². The standard InChI is InChI=1S/C21H20FNO3/c1-13-18(19(24)14-9-11-15(22)12-10-14)16-7-5-6-8-17(16)23(13)20(25)26-21(2,3)4/h5-12H,1-4H3. The Kier molecular flexibility index (Phi) is 4.40. The summed E-state index contributed by atoms with van der Waals surface area (Å²) in [7, 11) is 0. The van der Waals surface area contributed by atoms with E-state index in [9.17, 15) is 14.0 Å². The normalized spacial score (nSPS) is 11.6. The fourth-order valence-corrected chi connectivity index (χ4v) is 2.94. The largest absolute Gasteiger partial charge is 0.443 e. The molecular formula is C21H20FNO3. The van der Waals surface area contributed by atoms with Crippen LogP contribution in [0, 0.1) is 12.7 Å². The Bertz CT molecular complexity index is 995. The number of carbonyl (C=O) groups is 2. The maximum absolute atomic E-state index is 13.2. The van der Waals surface area contributed by atoms with Crippen LogP contribution in [0.5, 0.6) is 0 Å². The first-order valence-corrected chi connectivity index (χ1v) is 8.33. The predicted octanol–water partition coefficient (Wildman–Crippen LogP) is 5.10. The number of ether oxygens (including phenoxy) is 1. The van der Waals surface area contributed by atoms with E-state index in [0.29, 0.717) is 27.7 Å². The molecule has 0 unspecified atom stereocenters. The van der Waals surface area contributed by atoms with Crippen molar-refractivity contribution in [2.24, 2.45) is 0 Å². The van der Waals surface area contributed by atoms with E-state index in [1.165, 1.54) is 28.8 Å². The molecular weight excluding hydrogens is 333 g/mol. The molecule has 0 atom stereocenters. The van der Waals surface area contributed by atoms with Crippen LogP contribution in [0.4, 0.5) is 9.18 Å². The number of ketones is 1. The zero-order chi connectivity index (χ0) is 19.1. The van der Waals surface area contributed by atoms with E-state index in [0.717, 1.165) is 0 Å². The molecule has 1 heterocycles. The SMILES string of the molecule is Cc1c(C(=O)c2ccc(F)cc2)c2ccccc2n1C(=O)OC(C)(C)C. The lowest BCUT2D eigenvalue weighted by Crippen LogP contribution is -2.27. The summed E-state index contributed by atoms with van der Waals surface area (Å²) < 4.78 is 20.1. The number of carbonyl (C=O) groups excluding carboxylic acids is 2. The fourth-order valence-electron chi connectivity index (χ4n) is 2.94. The smallest absolute Gasteiger partial charge is 0.419 e. The highest BCUT2D eigenvalue weighted by atomic mass is 19.1. The molecule has 134 valence electrons. The number of benzene rings is 2. The number of nitrogens with zero attached hydrogens (tertiary/aromatic N) is 1. The Morgan fingerprint density at radius 2 is 1.62 bits per heavy atom. The highest BCUT2D eigenvalue weighted by molar-refractivity contribution is 6.18. The molecule has 5 heteroatoms. The number of rotatable bonds is 2. The van der Waals surface area contributed by atoms with Gasteiger partial charge in [0.05, 0.1) is 11.1 Å². The van der Waals surface area contributed by atoms with Gasteiger partial charge in [-0.15, -0.1) is 0 Å². The van der Waals surface area contributed by atoms with Gasteiger partial charge >= 0.3 is 6.09 Å². The summed E-state index contributed by atoms with van der Waals surface area (Å²) in [6, 6.07) is 12.5. The Hall–Kier alpha value is -2.95. The van der Waals surface area contributed by atoms with Gasteiger partial charge in [-0.2, -0.15) is 0 Å². The molecule has 26 heavy (non-hydrogen) atoms. The predicted molar refractivity (Wildman–Crippen MR) is 98.1 cm³/mol. The Labute approximate surface area is 151 Å². The van der Waals surface area contributed by atoms with Crippen molar-refractivity contribution < 1.29 is 18.7 Å². The first-order chi connectivity index (χ1) is 12.2. The minimum atomic E-state index is -0.657. The third-order valence-corrected chi connectivity index (χ3v) is 4.02. The van der Waals surface area contributed by atoms with Gasteiger partial charge in [-0.05, 0) is 58.0 Å². The average molecular weight is 353 g/mol. The molecule has 0 fully saturated rings. The maximum Gasteiger partial charge on any atom is 0.419 e. The summed E-state index contributed by atoms with van der Waals surface area (Å²) in [4.78, 5) is 25.7. The second-order valence-electron chi connectivity index (χ2n) is 7.13. The van der Waals surface area contributed by atoms with Crippen molar-refractivity contribution in [2.45, 2.75) is 33.3 Å². The molecule has 2 aromatic carbocycles. The first-order valence-electron chi connectivity index (χ1n) is 8.33. The molecule has 0 bridgehead atoms. The molecule has 4 nitrogen and oxygen atoms in total. The van der Waals surface area contributed by atoms with Crippen LogP contribution in [0.15, 0.2) is 48.5 Å². The van der Waals surface area contributed by atoms with Crippen LogP contribution in [-0.2, 0) is 4.74 Å². The molecule has 3 rings (SSSR count). The van der Waals surface area contributed by atoms with E-state index in [1.807, 2.05) is 6.07 Å². The first kappa shape index (κ1) is 17.9. The van der Waals surface area contributed by atoms with E-state index in [2.05, 4.69) is 0 Å². The second-order valence-corrected chi connectivity index (χ2v) is 7.13. The second kappa shape index (κ2) is 6.41. The van der Waals surface area contributed by atoms with Gasteiger partial charge in [-0.1, -0.05) is 18.2 Å². The lowest BCUT2D eigenvalue weighted by atomic mass is 10.0. The molecule has 0 saturated heterocycles. The molecule has 0 saturated carbocycles. The topological polar surface area (TPSA) is 48.3 Å². The van der Waals surface area contributed by atoms with Crippen molar-refractivity contribution in [3.05, 3.63) is 71.2 Å². The summed E-state index contributed by atoms with van der Waals surface area (Å²) in [6.45, 7) is 7.07. The Balaban J connectivity index is 2.18. The van der Waals surface area contributed by atoms with E-state index in [1.54, 1.807) is 45.9 Å². The summed E-state index contributed by atoms with van der Waals surface area (Å²) >= 11 is 0. The third-order valence-electron chi connectivity index (χ3n) is 4.02. The van der Waals surface area contributed by atoms with Crippen LogP contribution >= 0.6 is 0 Å². The number of para-hydroxylation sites is 1. The molecule has 0 aliphatic heterocycles. The monoisotopic (exact) mass is 353 g/mol. The Morgan fingerprint density at radius 1 is 1.00 bits per heavy atom. The summed E-state index contributed by atoms with van der Waals surface area (Å²) in [6.07, 6.45) is -0.538. The number of hydrogen-bond donors (Lipinski definition) is 0. The minimum absolute atomic E-state index is 0.263. The van der Waals surface area contributed by atoms with E-state index >= 15 is 0 Å². The quantitative estimate of drug-likeness (QED) is 0.602. The fraction of sp³-hybridized carbons (Fsp3) is 0.238. The van der Waals surface area contributed by atoms with Crippen molar-refractivity contribution in [2.75, 3.05) is 0 Å². The molecule has 0 N–H and O–H groups in total. The number of fused-ring (bicyclic) bond motifs is 1. The highest BCUT2D eigenvalue weighted by Gasteiger charge is 2.26. The maximum atomic E-state index is 13.2. The van der Waals surface area contributed by atoms with Crippen molar-refractivity contribution in [3.63, 3.8) is 0 Å². The van der Waals surface area contributed by atoms with Crippen molar-refractivity contribution in [1.29, 1.82) is 0 Å². The zero-order valence-electron chi connectivity index (χ0n) is 15.2. The molecule has 0 radical (unpaired) electrons. The van der Waals surface area contributed by atoms with Crippen LogP contribution in [0.1, 0.15) is 42.4 Å². The zero-order valence-corrected chi connectivity index (χ0v) is 15.2. The van der Waals surface area contributed by atoms with Crippen LogP contribution in [-0.4, -0.2) is 22.0 Å². The van der Waals surface area contributed by atoms with Gasteiger partial charge in [0.25, 0.3) is 0 Å². The molecule has 0 amide bonds. The lowest BCUT2D eigenvalue weighted by Gasteiger charge is -2.20.